The van der Waals surface area contributed by atoms with E-state index in [1.54, 1.807) is 17.0 Å². The Hall–Kier alpha value is -1.85. The molecule has 6 nitrogen and oxygen atoms in total. The van der Waals surface area contributed by atoms with E-state index in [2.05, 4.69) is 10.3 Å². The van der Waals surface area contributed by atoms with Crippen LogP contribution in [0.3, 0.4) is 0 Å². The number of methoxy groups -OCH3 is 1. The van der Waals surface area contributed by atoms with Crippen LogP contribution in [0.1, 0.15) is 34.1 Å². The second-order valence-corrected chi connectivity index (χ2v) is 5.98. The third-order valence-electron chi connectivity index (χ3n) is 2.98. The van der Waals surface area contributed by atoms with E-state index < -0.39 is 6.04 Å². The molecule has 0 saturated heterocycles. The van der Waals surface area contributed by atoms with Gasteiger partial charge in [0.25, 0.3) is 5.56 Å². The van der Waals surface area contributed by atoms with Gasteiger partial charge in [-0.25, -0.2) is 9.78 Å². The van der Waals surface area contributed by atoms with Crippen molar-refractivity contribution in [3.05, 3.63) is 22.7 Å². The summed E-state index contributed by atoms with van der Waals surface area (Å²) in [5.74, 6) is 0.451. The molecule has 1 rings (SSSR count). The van der Waals surface area contributed by atoms with Crippen LogP contribution in [0.5, 0.6) is 0 Å². The van der Waals surface area contributed by atoms with Crippen molar-refractivity contribution in [3.8, 4) is 0 Å². The van der Waals surface area contributed by atoms with E-state index in [0.717, 1.165) is 0 Å². The summed E-state index contributed by atoms with van der Waals surface area (Å²) in [6.07, 6.45) is 3.80. The summed E-state index contributed by atoms with van der Waals surface area (Å²) in [4.78, 5) is 28.2. The Balaban J connectivity index is 2.98. The molecular weight excluding hydrogens is 270 g/mol. The molecule has 118 valence electrons. The van der Waals surface area contributed by atoms with E-state index in [1.807, 2.05) is 27.7 Å². The number of ether oxygens (including phenoxy) is 1. The summed E-state index contributed by atoms with van der Waals surface area (Å²) >= 11 is 0. The van der Waals surface area contributed by atoms with Crippen molar-refractivity contribution >= 4 is 11.8 Å². The first-order chi connectivity index (χ1) is 9.85. The van der Waals surface area contributed by atoms with Crippen LogP contribution in [0, 0.1) is 11.8 Å². The van der Waals surface area contributed by atoms with Crippen molar-refractivity contribution in [1.29, 1.82) is 0 Å². The van der Waals surface area contributed by atoms with E-state index in [4.69, 9.17) is 4.74 Å². The number of carbonyl (C=O) groups excluding carboxylic acids is 1. The van der Waals surface area contributed by atoms with Gasteiger partial charge in [-0.2, -0.15) is 0 Å². The van der Waals surface area contributed by atoms with Gasteiger partial charge in [-0.05, 0) is 18.3 Å². The highest BCUT2D eigenvalue weighted by atomic mass is 16.5. The molecule has 1 heterocycles. The molecule has 0 fully saturated rings. The summed E-state index contributed by atoms with van der Waals surface area (Å²) in [6.45, 7) is 8.70. The van der Waals surface area contributed by atoms with E-state index >= 15 is 0 Å². The number of rotatable bonds is 7. The van der Waals surface area contributed by atoms with Crippen molar-refractivity contribution < 1.29 is 9.53 Å². The Bertz CT molecular complexity index is 523. The van der Waals surface area contributed by atoms with Gasteiger partial charge in [0.05, 0.1) is 7.11 Å². The predicted molar refractivity (Wildman–Crippen MR) is 82.2 cm³/mol. The van der Waals surface area contributed by atoms with Gasteiger partial charge in [0.15, 0.2) is 5.82 Å². The summed E-state index contributed by atoms with van der Waals surface area (Å²) < 4.78 is 6.38. The third-order valence-corrected chi connectivity index (χ3v) is 2.98. The van der Waals surface area contributed by atoms with Gasteiger partial charge >= 0.3 is 5.97 Å². The number of hydrogen-bond donors (Lipinski definition) is 1. The minimum atomic E-state index is -0.565. The monoisotopic (exact) mass is 295 g/mol. The minimum absolute atomic E-state index is 0.189. The normalized spacial score (nSPS) is 12.5. The number of hydrogen-bond acceptors (Lipinski definition) is 5. The molecule has 0 aliphatic rings. The molecule has 1 aromatic rings. The third kappa shape index (κ3) is 5.21. The van der Waals surface area contributed by atoms with Gasteiger partial charge < -0.3 is 14.6 Å². The molecule has 1 unspecified atom stereocenters. The van der Waals surface area contributed by atoms with Crippen molar-refractivity contribution in [1.82, 2.24) is 9.55 Å². The highest BCUT2D eigenvalue weighted by molar-refractivity contribution is 5.78. The zero-order chi connectivity index (χ0) is 16.0. The second kappa shape index (κ2) is 7.81. The van der Waals surface area contributed by atoms with Gasteiger partial charge in [0.2, 0.25) is 0 Å². The molecule has 21 heavy (non-hydrogen) atoms. The molecule has 0 aliphatic heterocycles. The topological polar surface area (TPSA) is 73.2 Å². The average molecular weight is 295 g/mol. The molecule has 0 saturated carbocycles. The Morgan fingerprint density at radius 2 is 2.00 bits per heavy atom. The summed E-state index contributed by atoms with van der Waals surface area (Å²) in [5.41, 5.74) is -0.219. The van der Waals surface area contributed by atoms with Crippen LogP contribution in [0.2, 0.25) is 0 Å². The number of anilines is 1. The molecule has 0 radical (unpaired) electrons. The summed E-state index contributed by atoms with van der Waals surface area (Å²) in [7, 11) is 1.34. The SMILES string of the molecule is COC(=O)C(CC(C)C)Nc1nccn(CC(C)C)c1=O. The van der Waals surface area contributed by atoms with E-state index in [1.165, 1.54) is 7.11 Å². The Morgan fingerprint density at radius 1 is 1.33 bits per heavy atom. The maximum absolute atomic E-state index is 12.3. The number of aromatic nitrogens is 2. The predicted octanol–water partition coefficient (Wildman–Crippen LogP) is 1.90. The fourth-order valence-corrected chi connectivity index (χ4v) is 2.08. The van der Waals surface area contributed by atoms with Crippen LogP contribution < -0.4 is 10.9 Å². The van der Waals surface area contributed by atoms with Crippen LogP contribution in [-0.2, 0) is 16.1 Å². The van der Waals surface area contributed by atoms with Gasteiger partial charge in [-0.3, -0.25) is 4.79 Å². The van der Waals surface area contributed by atoms with Crippen LogP contribution in [0.25, 0.3) is 0 Å². The largest absolute Gasteiger partial charge is 0.467 e. The lowest BCUT2D eigenvalue weighted by atomic mass is 10.0. The van der Waals surface area contributed by atoms with E-state index in [-0.39, 0.29) is 17.3 Å². The summed E-state index contributed by atoms with van der Waals surface area (Å²) in [5, 5.41) is 2.92. The molecule has 1 N–H and O–H groups in total. The number of esters is 1. The van der Waals surface area contributed by atoms with Crippen molar-refractivity contribution in [2.24, 2.45) is 11.8 Å². The summed E-state index contributed by atoms with van der Waals surface area (Å²) in [6, 6.07) is -0.565. The van der Waals surface area contributed by atoms with Gasteiger partial charge in [-0.1, -0.05) is 27.7 Å². The first-order valence-electron chi connectivity index (χ1n) is 7.25. The number of nitrogens with zero attached hydrogens (tertiary/aromatic N) is 2. The molecular formula is C15H25N3O3. The quantitative estimate of drug-likeness (QED) is 0.778. The Morgan fingerprint density at radius 3 is 2.52 bits per heavy atom. The van der Waals surface area contributed by atoms with Crippen molar-refractivity contribution in [3.63, 3.8) is 0 Å². The lowest BCUT2D eigenvalue weighted by molar-refractivity contribution is -0.141. The molecule has 0 spiro atoms. The second-order valence-electron chi connectivity index (χ2n) is 5.98. The average Bonchev–Trinajstić information content (AvgIpc) is 2.40. The Kier molecular flexibility index (Phi) is 6.39. The van der Waals surface area contributed by atoms with Gasteiger partial charge in [0, 0.05) is 18.9 Å². The molecule has 0 bridgehead atoms. The van der Waals surface area contributed by atoms with Gasteiger partial charge in [0.1, 0.15) is 6.04 Å². The van der Waals surface area contributed by atoms with Crippen molar-refractivity contribution in [2.75, 3.05) is 12.4 Å². The Labute approximate surface area is 125 Å². The number of carbonyl (C=O) groups is 1. The first kappa shape index (κ1) is 17.2. The van der Waals surface area contributed by atoms with Gasteiger partial charge in [-0.15, -0.1) is 0 Å². The molecule has 6 heteroatoms. The highest BCUT2D eigenvalue weighted by Crippen LogP contribution is 2.10. The maximum atomic E-state index is 12.3. The zero-order valence-corrected chi connectivity index (χ0v) is 13.4. The lowest BCUT2D eigenvalue weighted by Gasteiger charge is -2.19. The highest BCUT2D eigenvalue weighted by Gasteiger charge is 2.22. The molecule has 0 aliphatic carbocycles. The van der Waals surface area contributed by atoms with Crippen LogP contribution in [0.15, 0.2) is 17.2 Å². The van der Waals surface area contributed by atoms with Crippen LogP contribution in [-0.4, -0.2) is 28.7 Å². The molecule has 0 amide bonds. The van der Waals surface area contributed by atoms with E-state index in [0.29, 0.717) is 24.8 Å². The smallest absolute Gasteiger partial charge is 0.328 e. The maximum Gasteiger partial charge on any atom is 0.328 e. The van der Waals surface area contributed by atoms with E-state index in [9.17, 15) is 9.59 Å². The number of nitrogens with one attached hydrogen (secondary N) is 1. The molecule has 1 atom stereocenters. The zero-order valence-electron chi connectivity index (χ0n) is 13.4. The fraction of sp³-hybridized carbons (Fsp3) is 0.667. The first-order valence-corrected chi connectivity index (χ1v) is 7.25. The fourth-order valence-electron chi connectivity index (χ4n) is 2.08. The molecule has 1 aromatic heterocycles. The standard InChI is InChI=1S/C15H25N3O3/c1-10(2)8-12(15(20)21-5)17-13-14(19)18(7-6-16-13)9-11(3)4/h6-7,10-12H,8-9H2,1-5H3,(H,16,17). The minimum Gasteiger partial charge on any atom is -0.467 e. The van der Waals surface area contributed by atoms with Crippen LogP contribution in [0.4, 0.5) is 5.82 Å². The molecule has 0 aromatic carbocycles. The lowest BCUT2D eigenvalue weighted by Crippen LogP contribution is -2.36. The van der Waals surface area contributed by atoms with Crippen molar-refractivity contribution in [2.45, 2.75) is 46.7 Å². The van der Waals surface area contributed by atoms with Crippen LogP contribution >= 0.6 is 0 Å².